The number of pyridine rings is 1. The highest BCUT2D eigenvalue weighted by Gasteiger charge is 2.45. The van der Waals surface area contributed by atoms with Crippen LogP contribution >= 0.6 is 0 Å². The Morgan fingerprint density at radius 3 is 2.65 bits per heavy atom. The van der Waals surface area contributed by atoms with Crippen LogP contribution in [0.5, 0.6) is 0 Å². The summed E-state index contributed by atoms with van der Waals surface area (Å²) < 4.78 is 12.8. The summed E-state index contributed by atoms with van der Waals surface area (Å²) in [6.45, 7) is 0. The predicted molar refractivity (Wildman–Crippen MR) is 55.9 cm³/mol. The fraction of sp³-hybridized carbons (Fsp3) is 0.364. The molecule has 1 fully saturated rings. The molecule has 2 rings (SSSR count). The van der Waals surface area contributed by atoms with Crippen molar-refractivity contribution in [3.63, 3.8) is 0 Å². The monoisotopic (exact) mass is 238 g/mol. The van der Waals surface area contributed by atoms with Gasteiger partial charge in [-0.05, 0) is 25.3 Å². The smallest absolute Gasteiger partial charge is 0.329 e. The largest absolute Gasteiger partial charge is 0.480 e. The van der Waals surface area contributed by atoms with Gasteiger partial charge in [0.25, 0.3) is 5.91 Å². The van der Waals surface area contributed by atoms with E-state index in [2.05, 4.69) is 10.3 Å². The first-order valence-corrected chi connectivity index (χ1v) is 5.21. The summed E-state index contributed by atoms with van der Waals surface area (Å²) in [6, 6.07) is 2.32. The summed E-state index contributed by atoms with van der Waals surface area (Å²) in [6.07, 6.45) is 2.74. The first-order valence-electron chi connectivity index (χ1n) is 5.21. The molecular formula is C11H11FN2O3. The quantitative estimate of drug-likeness (QED) is 0.768. The van der Waals surface area contributed by atoms with Crippen molar-refractivity contribution >= 4 is 11.9 Å². The number of carbonyl (C=O) groups is 2. The minimum Gasteiger partial charge on any atom is -0.480 e. The number of rotatable bonds is 3. The number of carbonyl (C=O) groups excluding carboxylic acids is 1. The van der Waals surface area contributed by atoms with E-state index in [1.807, 2.05) is 0 Å². The Bertz CT molecular complexity index is 472. The lowest BCUT2D eigenvalue weighted by Crippen LogP contribution is -2.59. The summed E-state index contributed by atoms with van der Waals surface area (Å²) >= 11 is 0. The van der Waals surface area contributed by atoms with Crippen LogP contribution in [0.25, 0.3) is 0 Å². The zero-order valence-electron chi connectivity index (χ0n) is 8.94. The molecule has 0 bridgehead atoms. The first-order chi connectivity index (χ1) is 8.03. The van der Waals surface area contributed by atoms with Gasteiger partial charge in [0.05, 0.1) is 0 Å². The van der Waals surface area contributed by atoms with Gasteiger partial charge in [-0.2, -0.15) is 4.39 Å². The average molecular weight is 238 g/mol. The maximum absolute atomic E-state index is 12.8. The summed E-state index contributed by atoms with van der Waals surface area (Å²) in [5.74, 6) is -2.41. The van der Waals surface area contributed by atoms with Crippen molar-refractivity contribution in [2.24, 2.45) is 0 Å². The molecule has 0 saturated heterocycles. The van der Waals surface area contributed by atoms with Crippen LogP contribution in [0.3, 0.4) is 0 Å². The summed E-state index contributed by atoms with van der Waals surface area (Å²) in [5, 5.41) is 11.5. The third kappa shape index (κ3) is 2.11. The predicted octanol–water partition coefficient (Wildman–Crippen LogP) is 0.958. The SMILES string of the molecule is O=C(NC1(C(=O)O)CCC1)c1ccnc(F)c1. The Morgan fingerprint density at radius 2 is 2.18 bits per heavy atom. The molecule has 0 spiro atoms. The van der Waals surface area contributed by atoms with E-state index >= 15 is 0 Å². The molecule has 2 N–H and O–H groups in total. The molecular weight excluding hydrogens is 227 g/mol. The van der Waals surface area contributed by atoms with Crippen molar-refractivity contribution in [1.82, 2.24) is 10.3 Å². The number of amides is 1. The fourth-order valence-corrected chi connectivity index (χ4v) is 1.76. The van der Waals surface area contributed by atoms with Gasteiger partial charge < -0.3 is 10.4 Å². The number of aromatic nitrogens is 1. The van der Waals surface area contributed by atoms with Crippen LogP contribution in [-0.2, 0) is 4.79 Å². The topological polar surface area (TPSA) is 79.3 Å². The molecule has 0 atom stereocenters. The van der Waals surface area contributed by atoms with E-state index in [9.17, 15) is 14.0 Å². The summed E-state index contributed by atoms with van der Waals surface area (Å²) in [5.41, 5.74) is -1.11. The maximum Gasteiger partial charge on any atom is 0.329 e. The van der Waals surface area contributed by atoms with Gasteiger partial charge in [0.1, 0.15) is 5.54 Å². The van der Waals surface area contributed by atoms with Crippen molar-refractivity contribution in [1.29, 1.82) is 0 Å². The van der Waals surface area contributed by atoms with Crippen molar-refractivity contribution in [3.05, 3.63) is 29.8 Å². The van der Waals surface area contributed by atoms with Gasteiger partial charge in [-0.3, -0.25) is 4.79 Å². The molecule has 90 valence electrons. The zero-order valence-corrected chi connectivity index (χ0v) is 8.94. The van der Waals surface area contributed by atoms with Crippen LogP contribution in [-0.4, -0.2) is 27.5 Å². The molecule has 0 radical (unpaired) electrons. The van der Waals surface area contributed by atoms with Gasteiger partial charge in [-0.1, -0.05) is 0 Å². The molecule has 17 heavy (non-hydrogen) atoms. The zero-order chi connectivity index (χ0) is 12.5. The molecule has 1 heterocycles. The van der Waals surface area contributed by atoms with E-state index < -0.39 is 23.4 Å². The van der Waals surface area contributed by atoms with Gasteiger partial charge in [0.15, 0.2) is 0 Å². The molecule has 1 aromatic heterocycles. The normalized spacial score (nSPS) is 17.0. The molecule has 1 amide bonds. The lowest BCUT2D eigenvalue weighted by Gasteiger charge is -2.38. The van der Waals surface area contributed by atoms with Crippen LogP contribution in [0, 0.1) is 5.95 Å². The Hall–Kier alpha value is -1.98. The Balaban J connectivity index is 2.14. The molecule has 0 unspecified atom stereocenters. The highest BCUT2D eigenvalue weighted by molar-refractivity contribution is 5.98. The van der Waals surface area contributed by atoms with E-state index in [0.29, 0.717) is 12.8 Å². The Labute approximate surface area is 96.7 Å². The number of carboxylic acid groups (broad SMARTS) is 1. The minimum absolute atomic E-state index is 0.0741. The van der Waals surface area contributed by atoms with Gasteiger partial charge in [0.2, 0.25) is 5.95 Å². The Kier molecular flexibility index (Phi) is 2.79. The Morgan fingerprint density at radius 1 is 1.47 bits per heavy atom. The lowest BCUT2D eigenvalue weighted by molar-refractivity contribution is -0.148. The van der Waals surface area contributed by atoms with Crippen LogP contribution in [0.15, 0.2) is 18.3 Å². The van der Waals surface area contributed by atoms with Crippen molar-refractivity contribution < 1.29 is 19.1 Å². The first kappa shape index (κ1) is 11.5. The van der Waals surface area contributed by atoms with Crippen molar-refractivity contribution in [2.45, 2.75) is 24.8 Å². The number of nitrogens with zero attached hydrogens (tertiary/aromatic N) is 1. The number of carboxylic acids is 1. The summed E-state index contributed by atoms with van der Waals surface area (Å²) in [7, 11) is 0. The van der Waals surface area contributed by atoms with E-state index in [-0.39, 0.29) is 5.56 Å². The van der Waals surface area contributed by atoms with E-state index in [0.717, 1.165) is 12.5 Å². The average Bonchev–Trinajstić information content (AvgIpc) is 2.22. The highest BCUT2D eigenvalue weighted by atomic mass is 19.1. The maximum atomic E-state index is 12.8. The molecule has 0 aliphatic heterocycles. The third-order valence-corrected chi connectivity index (χ3v) is 2.96. The number of halogens is 1. The van der Waals surface area contributed by atoms with Crippen LogP contribution in [0.2, 0.25) is 0 Å². The summed E-state index contributed by atoms with van der Waals surface area (Å²) in [4.78, 5) is 26.1. The molecule has 0 aromatic carbocycles. The molecule has 1 aromatic rings. The number of nitrogens with one attached hydrogen (secondary N) is 1. The van der Waals surface area contributed by atoms with Gasteiger partial charge in [0, 0.05) is 17.8 Å². The number of aliphatic carboxylic acids is 1. The van der Waals surface area contributed by atoms with E-state index in [1.165, 1.54) is 12.3 Å². The van der Waals surface area contributed by atoms with Crippen molar-refractivity contribution in [2.75, 3.05) is 0 Å². The molecule has 5 nitrogen and oxygen atoms in total. The van der Waals surface area contributed by atoms with Crippen molar-refractivity contribution in [3.8, 4) is 0 Å². The van der Waals surface area contributed by atoms with Gasteiger partial charge in [-0.15, -0.1) is 0 Å². The minimum atomic E-state index is -1.18. The third-order valence-electron chi connectivity index (χ3n) is 2.96. The highest BCUT2D eigenvalue weighted by Crippen LogP contribution is 2.32. The molecule has 6 heteroatoms. The van der Waals surface area contributed by atoms with E-state index in [4.69, 9.17) is 5.11 Å². The van der Waals surface area contributed by atoms with Crippen LogP contribution in [0.4, 0.5) is 4.39 Å². The van der Waals surface area contributed by atoms with Crippen LogP contribution < -0.4 is 5.32 Å². The standard InChI is InChI=1S/C11H11FN2O3/c12-8-6-7(2-5-13-8)9(15)14-11(10(16)17)3-1-4-11/h2,5-6H,1,3-4H2,(H,14,15)(H,16,17). The molecule has 1 saturated carbocycles. The van der Waals surface area contributed by atoms with Gasteiger partial charge >= 0.3 is 5.97 Å². The lowest BCUT2D eigenvalue weighted by atomic mass is 9.76. The molecule has 1 aliphatic rings. The number of hydrogen-bond acceptors (Lipinski definition) is 3. The fourth-order valence-electron chi connectivity index (χ4n) is 1.76. The molecule has 1 aliphatic carbocycles. The number of hydrogen-bond donors (Lipinski definition) is 2. The van der Waals surface area contributed by atoms with Crippen LogP contribution in [0.1, 0.15) is 29.6 Å². The second-order valence-corrected chi connectivity index (χ2v) is 4.06. The second kappa shape index (κ2) is 4.12. The van der Waals surface area contributed by atoms with Gasteiger partial charge in [-0.25, -0.2) is 9.78 Å². The van der Waals surface area contributed by atoms with E-state index in [1.54, 1.807) is 0 Å². The second-order valence-electron chi connectivity index (χ2n) is 4.06.